The van der Waals surface area contributed by atoms with Crippen LogP contribution in [0.3, 0.4) is 0 Å². The molecule has 0 saturated carbocycles. The number of aromatic nitrogens is 4. The summed E-state index contributed by atoms with van der Waals surface area (Å²) in [5.41, 5.74) is 1.84. The van der Waals surface area contributed by atoms with Crippen molar-refractivity contribution in [2.45, 2.75) is 25.4 Å². The third-order valence-corrected chi connectivity index (χ3v) is 4.52. The highest BCUT2D eigenvalue weighted by Crippen LogP contribution is 2.29. The van der Waals surface area contributed by atoms with Crippen molar-refractivity contribution in [2.24, 2.45) is 0 Å². The molecule has 146 valence electrons. The monoisotopic (exact) mass is 381 g/mol. The SMILES string of the molecule is COc1ccc(OC)c(C(C)NC(=O)C(Cc2ccccc2)n2cnnn2)c1. The molecule has 0 saturated heterocycles. The summed E-state index contributed by atoms with van der Waals surface area (Å²) in [6.45, 7) is 1.90. The van der Waals surface area contributed by atoms with Gasteiger partial charge in [0.25, 0.3) is 0 Å². The molecule has 0 bridgehead atoms. The Balaban J connectivity index is 1.82. The zero-order chi connectivity index (χ0) is 19.9. The lowest BCUT2D eigenvalue weighted by molar-refractivity contribution is -0.125. The fraction of sp³-hybridized carbons (Fsp3) is 0.300. The molecule has 8 nitrogen and oxygen atoms in total. The van der Waals surface area contributed by atoms with Gasteiger partial charge in [-0.1, -0.05) is 30.3 Å². The third kappa shape index (κ3) is 4.46. The molecule has 2 unspecified atom stereocenters. The van der Waals surface area contributed by atoms with Crippen molar-refractivity contribution in [3.05, 3.63) is 66.0 Å². The number of carbonyl (C=O) groups is 1. The second-order valence-electron chi connectivity index (χ2n) is 6.33. The number of nitrogens with zero attached hydrogens (tertiary/aromatic N) is 4. The minimum absolute atomic E-state index is 0.187. The number of methoxy groups -OCH3 is 2. The predicted octanol–water partition coefficient (Wildman–Crippen LogP) is 2.35. The molecule has 0 spiro atoms. The summed E-state index contributed by atoms with van der Waals surface area (Å²) in [5.74, 6) is 1.18. The topological polar surface area (TPSA) is 91.2 Å². The van der Waals surface area contributed by atoms with E-state index in [4.69, 9.17) is 9.47 Å². The quantitative estimate of drug-likeness (QED) is 0.644. The summed E-state index contributed by atoms with van der Waals surface area (Å²) in [7, 11) is 3.20. The van der Waals surface area contributed by atoms with E-state index >= 15 is 0 Å². The van der Waals surface area contributed by atoms with Crippen LogP contribution in [-0.4, -0.2) is 40.3 Å². The summed E-state index contributed by atoms with van der Waals surface area (Å²) in [6, 6.07) is 14.4. The Kier molecular flexibility index (Phi) is 6.21. The molecule has 1 amide bonds. The average molecular weight is 381 g/mol. The van der Waals surface area contributed by atoms with Crippen LogP contribution in [0.2, 0.25) is 0 Å². The van der Waals surface area contributed by atoms with Crippen LogP contribution in [0.1, 0.15) is 30.1 Å². The van der Waals surface area contributed by atoms with E-state index in [-0.39, 0.29) is 11.9 Å². The second kappa shape index (κ2) is 8.98. The second-order valence-corrected chi connectivity index (χ2v) is 6.33. The number of tetrazole rings is 1. The predicted molar refractivity (Wildman–Crippen MR) is 103 cm³/mol. The first-order valence-corrected chi connectivity index (χ1v) is 8.91. The first-order valence-electron chi connectivity index (χ1n) is 8.91. The van der Waals surface area contributed by atoms with Crippen molar-refractivity contribution in [3.63, 3.8) is 0 Å². The Morgan fingerprint density at radius 1 is 1.14 bits per heavy atom. The number of hydrogen-bond acceptors (Lipinski definition) is 6. The van der Waals surface area contributed by atoms with Crippen LogP contribution >= 0.6 is 0 Å². The van der Waals surface area contributed by atoms with Crippen molar-refractivity contribution >= 4 is 5.91 Å². The van der Waals surface area contributed by atoms with Crippen LogP contribution < -0.4 is 14.8 Å². The number of benzene rings is 2. The third-order valence-electron chi connectivity index (χ3n) is 4.52. The highest BCUT2D eigenvalue weighted by atomic mass is 16.5. The smallest absolute Gasteiger partial charge is 0.245 e. The molecule has 0 aliphatic heterocycles. The van der Waals surface area contributed by atoms with E-state index in [1.165, 1.54) is 11.0 Å². The normalized spacial score (nSPS) is 12.8. The molecule has 1 aromatic heterocycles. The summed E-state index contributed by atoms with van der Waals surface area (Å²) >= 11 is 0. The van der Waals surface area contributed by atoms with Gasteiger partial charge in [-0.3, -0.25) is 4.79 Å². The minimum atomic E-state index is -0.573. The molecule has 2 atom stereocenters. The molecule has 1 heterocycles. The zero-order valence-electron chi connectivity index (χ0n) is 16.1. The maximum Gasteiger partial charge on any atom is 0.245 e. The standard InChI is InChI=1S/C20H23N5O3/c1-14(17-12-16(27-2)9-10-19(17)28-3)22-20(26)18(25-13-21-23-24-25)11-15-7-5-4-6-8-15/h4-10,12-14,18H,11H2,1-3H3,(H,22,26). The lowest BCUT2D eigenvalue weighted by Crippen LogP contribution is -2.36. The molecule has 0 fully saturated rings. The van der Waals surface area contributed by atoms with Gasteiger partial charge >= 0.3 is 0 Å². The van der Waals surface area contributed by atoms with Gasteiger partial charge in [0, 0.05) is 12.0 Å². The fourth-order valence-electron chi connectivity index (χ4n) is 3.02. The van der Waals surface area contributed by atoms with E-state index in [1.54, 1.807) is 14.2 Å². The first-order chi connectivity index (χ1) is 13.6. The summed E-state index contributed by atoms with van der Waals surface area (Å²) in [4.78, 5) is 13.1. The Labute approximate surface area is 163 Å². The minimum Gasteiger partial charge on any atom is -0.497 e. The van der Waals surface area contributed by atoms with Crippen LogP contribution in [0.15, 0.2) is 54.9 Å². The van der Waals surface area contributed by atoms with Crippen molar-refractivity contribution in [1.82, 2.24) is 25.5 Å². The van der Waals surface area contributed by atoms with Gasteiger partial charge in [0.15, 0.2) is 0 Å². The summed E-state index contributed by atoms with van der Waals surface area (Å²) < 4.78 is 12.2. The maximum absolute atomic E-state index is 13.1. The van der Waals surface area contributed by atoms with Gasteiger partial charge in [0.2, 0.25) is 5.91 Å². The Hall–Kier alpha value is -3.42. The Morgan fingerprint density at radius 3 is 2.57 bits per heavy atom. The summed E-state index contributed by atoms with van der Waals surface area (Å²) in [6.07, 6.45) is 1.92. The van der Waals surface area contributed by atoms with Gasteiger partial charge in [-0.15, -0.1) is 5.10 Å². The molecule has 3 aromatic rings. The van der Waals surface area contributed by atoms with Crippen LogP contribution in [0.5, 0.6) is 11.5 Å². The van der Waals surface area contributed by atoms with Crippen molar-refractivity contribution in [2.75, 3.05) is 14.2 Å². The van der Waals surface area contributed by atoms with Gasteiger partial charge in [0.05, 0.1) is 20.3 Å². The van der Waals surface area contributed by atoms with Gasteiger partial charge in [-0.2, -0.15) is 0 Å². The van der Waals surface area contributed by atoms with E-state index < -0.39 is 6.04 Å². The number of hydrogen-bond donors (Lipinski definition) is 1. The van der Waals surface area contributed by atoms with Crippen molar-refractivity contribution < 1.29 is 14.3 Å². The zero-order valence-corrected chi connectivity index (χ0v) is 16.1. The molecular formula is C20H23N5O3. The molecule has 2 aromatic carbocycles. The number of amides is 1. The molecular weight excluding hydrogens is 358 g/mol. The largest absolute Gasteiger partial charge is 0.497 e. The van der Waals surface area contributed by atoms with Gasteiger partial charge < -0.3 is 14.8 Å². The Bertz CT molecular complexity index is 899. The van der Waals surface area contributed by atoms with E-state index in [1.807, 2.05) is 55.5 Å². The summed E-state index contributed by atoms with van der Waals surface area (Å²) in [5, 5.41) is 14.3. The number of ether oxygens (including phenoxy) is 2. The Morgan fingerprint density at radius 2 is 1.93 bits per heavy atom. The average Bonchev–Trinajstić information content (AvgIpc) is 3.26. The van der Waals surface area contributed by atoms with Crippen molar-refractivity contribution in [3.8, 4) is 11.5 Å². The first kappa shape index (κ1) is 19.3. The van der Waals surface area contributed by atoms with E-state index in [0.717, 1.165) is 11.1 Å². The van der Waals surface area contributed by atoms with Crippen LogP contribution in [0.25, 0.3) is 0 Å². The highest BCUT2D eigenvalue weighted by molar-refractivity contribution is 5.81. The molecule has 28 heavy (non-hydrogen) atoms. The van der Waals surface area contributed by atoms with Crippen molar-refractivity contribution in [1.29, 1.82) is 0 Å². The lowest BCUT2D eigenvalue weighted by Gasteiger charge is -2.22. The van der Waals surface area contributed by atoms with E-state index in [9.17, 15) is 4.79 Å². The van der Waals surface area contributed by atoms with Crippen LogP contribution in [0, 0.1) is 0 Å². The molecule has 1 N–H and O–H groups in total. The molecule has 8 heteroatoms. The van der Waals surface area contributed by atoms with Gasteiger partial charge in [-0.25, -0.2) is 4.68 Å². The molecule has 0 aliphatic carbocycles. The van der Waals surface area contributed by atoms with Gasteiger partial charge in [0.1, 0.15) is 23.9 Å². The highest BCUT2D eigenvalue weighted by Gasteiger charge is 2.25. The van der Waals surface area contributed by atoms with Crippen LogP contribution in [0.4, 0.5) is 0 Å². The maximum atomic E-state index is 13.1. The number of nitrogens with one attached hydrogen (secondary N) is 1. The van der Waals surface area contributed by atoms with E-state index in [2.05, 4.69) is 20.8 Å². The lowest BCUT2D eigenvalue weighted by atomic mass is 10.0. The fourth-order valence-corrected chi connectivity index (χ4v) is 3.02. The molecule has 0 radical (unpaired) electrons. The number of rotatable bonds is 8. The number of carbonyl (C=O) groups excluding carboxylic acids is 1. The van der Waals surface area contributed by atoms with Gasteiger partial charge in [-0.05, 0) is 41.1 Å². The van der Waals surface area contributed by atoms with E-state index in [0.29, 0.717) is 17.9 Å². The van der Waals surface area contributed by atoms with Crippen LogP contribution in [-0.2, 0) is 11.2 Å². The molecule has 3 rings (SSSR count). The molecule has 0 aliphatic rings.